The number of thioether (sulfide) groups is 1. The standard InChI is InChI=1S/C24H27NO2S2/c1-18-5-15-23(16-6-18)29(26,27)25-21-11-13-22(14-12-21)28-17-19-7-9-20(10-8-19)24(2,3)4/h5-16,25H,17H2,1-4H3. The minimum absolute atomic E-state index is 0.160. The molecule has 0 aromatic heterocycles. The van der Waals surface area contributed by atoms with Gasteiger partial charge in [-0.3, -0.25) is 4.72 Å². The molecular weight excluding hydrogens is 398 g/mol. The molecule has 0 atom stereocenters. The summed E-state index contributed by atoms with van der Waals surface area (Å²) in [4.78, 5) is 1.36. The van der Waals surface area contributed by atoms with Crippen molar-refractivity contribution >= 4 is 27.5 Å². The monoisotopic (exact) mass is 425 g/mol. The Bertz CT molecular complexity index is 1050. The maximum absolute atomic E-state index is 12.5. The molecule has 152 valence electrons. The topological polar surface area (TPSA) is 46.2 Å². The lowest BCUT2D eigenvalue weighted by atomic mass is 9.87. The molecule has 0 fully saturated rings. The second-order valence-electron chi connectivity index (χ2n) is 8.18. The van der Waals surface area contributed by atoms with Gasteiger partial charge in [0.15, 0.2) is 0 Å². The molecule has 0 heterocycles. The first-order valence-corrected chi connectivity index (χ1v) is 12.0. The lowest BCUT2D eigenvalue weighted by Gasteiger charge is -2.19. The van der Waals surface area contributed by atoms with Gasteiger partial charge < -0.3 is 0 Å². The zero-order valence-electron chi connectivity index (χ0n) is 17.3. The first kappa shape index (κ1) is 21.5. The molecule has 0 bridgehead atoms. The van der Waals surface area contributed by atoms with Crippen LogP contribution in [-0.4, -0.2) is 8.42 Å². The summed E-state index contributed by atoms with van der Waals surface area (Å²) in [6.07, 6.45) is 0. The first-order chi connectivity index (χ1) is 13.6. The predicted octanol–water partition coefficient (Wildman–Crippen LogP) is 6.39. The predicted molar refractivity (Wildman–Crippen MR) is 123 cm³/mol. The molecule has 0 radical (unpaired) electrons. The van der Waals surface area contributed by atoms with Gasteiger partial charge in [0.2, 0.25) is 0 Å². The van der Waals surface area contributed by atoms with Crippen molar-refractivity contribution in [2.75, 3.05) is 4.72 Å². The Hall–Kier alpha value is -2.24. The molecule has 0 aliphatic carbocycles. The van der Waals surface area contributed by atoms with Gasteiger partial charge in [0.05, 0.1) is 4.90 Å². The van der Waals surface area contributed by atoms with E-state index in [2.05, 4.69) is 49.8 Å². The zero-order valence-corrected chi connectivity index (χ0v) is 18.9. The van der Waals surface area contributed by atoms with Crippen molar-refractivity contribution < 1.29 is 8.42 Å². The Morgan fingerprint density at radius 2 is 1.41 bits per heavy atom. The molecule has 5 heteroatoms. The Kier molecular flexibility index (Phi) is 6.39. The van der Waals surface area contributed by atoms with E-state index in [1.807, 2.05) is 19.1 Å². The number of rotatable bonds is 6. The smallest absolute Gasteiger partial charge is 0.261 e. The van der Waals surface area contributed by atoms with Crippen molar-refractivity contribution in [2.45, 2.75) is 48.7 Å². The van der Waals surface area contributed by atoms with Crippen molar-refractivity contribution in [1.82, 2.24) is 0 Å². The van der Waals surface area contributed by atoms with Crippen LogP contribution < -0.4 is 4.72 Å². The second kappa shape index (κ2) is 8.64. The van der Waals surface area contributed by atoms with Crippen LogP contribution in [0.25, 0.3) is 0 Å². The minimum atomic E-state index is -3.57. The highest BCUT2D eigenvalue weighted by Gasteiger charge is 2.14. The SMILES string of the molecule is Cc1ccc(S(=O)(=O)Nc2ccc(SCc3ccc(C(C)(C)C)cc3)cc2)cc1. The van der Waals surface area contributed by atoms with Crippen LogP contribution in [0.2, 0.25) is 0 Å². The molecule has 0 saturated heterocycles. The molecule has 0 amide bonds. The molecule has 1 N–H and O–H groups in total. The fraction of sp³-hybridized carbons (Fsp3) is 0.250. The highest BCUT2D eigenvalue weighted by atomic mass is 32.2. The lowest BCUT2D eigenvalue weighted by molar-refractivity contribution is 0.590. The maximum Gasteiger partial charge on any atom is 0.261 e. The van der Waals surface area contributed by atoms with Gasteiger partial charge in [0.25, 0.3) is 10.0 Å². The highest BCUT2D eigenvalue weighted by molar-refractivity contribution is 7.98. The van der Waals surface area contributed by atoms with Gasteiger partial charge >= 0.3 is 0 Å². The van der Waals surface area contributed by atoms with Gasteiger partial charge in [-0.05, 0) is 59.9 Å². The van der Waals surface area contributed by atoms with E-state index in [0.717, 1.165) is 16.2 Å². The number of hydrogen-bond donors (Lipinski definition) is 1. The van der Waals surface area contributed by atoms with Gasteiger partial charge in [0.1, 0.15) is 0 Å². The fourth-order valence-corrected chi connectivity index (χ4v) is 4.73. The maximum atomic E-state index is 12.5. The quantitative estimate of drug-likeness (QED) is 0.466. The minimum Gasteiger partial charge on any atom is -0.280 e. The highest BCUT2D eigenvalue weighted by Crippen LogP contribution is 2.27. The Labute approximate surface area is 178 Å². The van der Waals surface area contributed by atoms with Gasteiger partial charge in [0, 0.05) is 16.3 Å². The van der Waals surface area contributed by atoms with Crippen LogP contribution in [0.4, 0.5) is 5.69 Å². The van der Waals surface area contributed by atoms with Gasteiger partial charge in [-0.25, -0.2) is 8.42 Å². The summed E-state index contributed by atoms with van der Waals surface area (Å²) in [5, 5.41) is 0. The normalized spacial score (nSPS) is 12.0. The summed E-state index contributed by atoms with van der Waals surface area (Å²) >= 11 is 1.73. The molecule has 0 aliphatic rings. The van der Waals surface area contributed by atoms with Crippen molar-refractivity contribution in [3.8, 4) is 0 Å². The van der Waals surface area contributed by atoms with E-state index < -0.39 is 10.0 Å². The number of sulfonamides is 1. The Morgan fingerprint density at radius 1 is 0.828 bits per heavy atom. The lowest BCUT2D eigenvalue weighted by Crippen LogP contribution is -2.12. The molecule has 3 nitrogen and oxygen atoms in total. The van der Waals surface area contributed by atoms with Crippen LogP contribution in [0.5, 0.6) is 0 Å². The van der Waals surface area contributed by atoms with Crippen LogP contribution in [-0.2, 0) is 21.2 Å². The molecule has 3 aromatic carbocycles. The first-order valence-electron chi connectivity index (χ1n) is 9.55. The number of benzene rings is 3. The third-order valence-electron chi connectivity index (χ3n) is 4.66. The molecule has 3 rings (SSSR count). The third-order valence-corrected chi connectivity index (χ3v) is 7.14. The van der Waals surface area contributed by atoms with E-state index in [9.17, 15) is 8.42 Å². The molecule has 0 saturated carbocycles. The van der Waals surface area contributed by atoms with E-state index in [-0.39, 0.29) is 10.3 Å². The average Bonchev–Trinajstić information content (AvgIpc) is 2.67. The number of aryl methyl sites for hydroxylation is 1. The summed E-state index contributed by atoms with van der Waals surface area (Å²) in [5.74, 6) is 0.874. The summed E-state index contributed by atoms with van der Waals surface area (Å²) < 4.78 is 27.6. The summed E-state index contributed by atoms with van der Waals surface area (Å²) in [5.41, 5.74) is 4.35. The molecule has 0 spiro atoms. The van der Waals surface area contributed by atoms with Crippen LogP contribution in [0.3, 0.4) is 0 Å². The molecule has 0 aliphatic heterocycles. The van der Waals surface area contributed by atoms with E-state index in [4.69, 9.17) is 0 Å². The number of hydrogen-bond acceptors (Lipinski definition) is 3. The van der Waals surface area contributed by atoms with E-state index >= 15 is 0 Å². The van der Waals surface area contributed by atoms with Crippen molar-refractivity contribution in [1.29, 1.82) is 0 Å². The summed E-state index contributed by atoms with van der Waals surface area (Å²) in [6.45, 7) is 8.57. The summed E-state index contributed by atoms with van der Waals surface area (Å²) in [7, 11) is -3.57. The van der Waals surface area contributed by atoms with Crippen molar-refractivity contribution in [2.24, 2.45) is 0 Å². The van der Waals surface area contributed by atoms with Gasteiger partial charge in [-0.1, -0.05) is 62.7 Å². The van der Waals surface area contributed by atoms with E-state index in [1.54, 1.807) is 48.2 Å². The number of anilines is 1. The van der Waals surface area contributed by atoms with Gasteiger partial charge in [-0.15, -0.1) is 11.8 Å². The third kappa shape index (κ3) is 5.87. The summed E-state index contributed by atoms with van der Waals surface area (Å²) in [6, 6.07) is 23.1. The van der Waals surface area contributed by atoms with Crippen LogP contribution in [0.1, 0.15) is 37.5 Å². The van der Waals surface area contributed by atoms with Gasteiger partial charge in [-0.2, -0.15) is 0 Å². The van der Waals surface area contributed by atoms with Crippen molar-refractivity contribution in [3.05, 3.63) is 89.5 Å². The van der Waals surface area contributed by atoms with Crippen molar-refractivity contribution in [3.63, 3.8) is 0 Å². The average molecular weight is 426 g/mol. The van der Waals surface area contributed by atoms with E-state index in [1.165, 1.54) is 11.1 Å². The second-order valence-corrected chi connectivity index (χ2v) is 10.9. The fourth-order valence-electron chi connectivity index (χ4n) is 2.82. The molecule has 0 unspecified atom stereocenters. The molecule has 3 aromatic rings. The number of nitrogens with one attached hydrogen (secondary N) is 1. The Balaban J connectivity index is 1.61. The largest absolute Gasteiger partial charge is 0.280 e. The van der Waals surface area contributed by atoms with Crippen LogP contribution in [0, 0.1) is 6.92 Å². The molecule has 29 heavy (non-hydrogen) atoms. The van der Waals surface area contributed by atoms with E-state index in [0.29, 0.717) is 5.69 Å². The molecular formula is C24H27NO2S2. The Morgan fingerprint density at radius 3 is 1.97 bits per heavy atom. The van der Waals surface area contributed by atoms with Crippen LogP contribution in [0.15, 0.2) is 82.6 Å². The van der Waals surface area contributed by atoms with Crippen LogP contribution >= 0.6 is 11.8 Å². The zero-order chi connectivity index (χ0) is 21.1.